The van der Waals surface area contributed by atoms with Gasteiger partial charge in [-0.05, 0) is 59.4 Å². The molecule has 0 radical (unpaired) electrons. The van der Waals surface area contributed by atoms with Gasteiger partial charge in [0.15, 0.2) is 5.78 Å². The molecule has 6 nitrogen and oxygen atoms in total. The predicted octanol–water partition coefficient (Wildman–Crippen LogP) is 5.70. The second kappa shape index (κ2) is 14.6. The normalized spacial score (nSPS) is 12.9. The zero-order valence-electron chi connectivity index (χ0n) is 19.3. The first kappa shape index (κ1) is 26.6. The lowest BCUT2D eigenvalue weighted by Crippen LogP contribution is -2.32. The molecule has 0 fully saturated rings. The van der Waals surface area contributed by atoms with E-state index in [0.29, 0.717) is 5.75 Å². The second-order valence-corrected chi connectivity index (χ2v) is 8.93. The van der Waals surface area contributed by atoms with E-state index in [1.165, 1.54) is 47.7 Å². The molecule has 1 heterocycles. The minimum atomic E-state index is -0.973. The van der Waals surface area contributed by atoms with Crippen LogP contribution in [0.1, 0.15) is 70.8 Å². The Morgan fingerprint density at radius 2 is 1.71 bits per heavy atom. The molecule has 0 spiro atoms. The number of rotatable bonds is 14. The van der Waals surface area contributed by atoms with E-state index in [1.54, 1.807) is 0 Å². The van der Waals surface area contributed by atoms with E-state index >= 15 is 0 Å². The van der Waals surface area contributed by atoms with Crippen molar-refractivity contribution in [3.05, 3.63) is 52.9 Å². The number of hydrogen-bond donors (Lipinski definition) is 2. The fraction of sp³-hybridized carbons (Fsp3) is 0.500. The number of anilines is 1. The maximum atomic E-state index is 11.5. The largest absolute Gasteiger partial charge is 0.480 e. The third kappa shape index (κ3) is 12.1. The SMILES string of the molecule is CC(=O)c1ccnc(NC(CSC/C=C(\C)CC/C=C(\C)CCC=C(C)C)C(=O)O)n1. The number of Topliss-reactive ketones (excluding diaryl/α,β-unsaturated/α-hetero) is 1. The average molecular weight is 446 g/mol. The Labute approximate surface area is 190 Å². The maximum absolute atomic E-state index is 11.5. The number of carbonyl (C=O) groups is 2. The summed E-state index contributed by atoms with van der Waals surface area (Å²) >= 11 is 1.54. The van der Waals surface area contributed by atoms with Crippen LogP contribution < -0.4 is 5.32 Å². The Kier molecular flexibility index (Phi) is 12.5. The van der Waals surface area contributed by atoms with Crippen LogP contribution in [0.25, 0.3) is 0 Å². The summed E-state index contributed by atoms with van der Waals surface area (Å²) in [5.74, 6) is 0.105. The molecule has 0 saturated heterocycles. The second-order valence-electron chi connectivity index (χ2n) is 7.85. The molecule has 1 unspecified atom stereocenters. The van der Waals surface area contributed by atoms with Crippen molar-refractivity contribution in [3.63, 3.8) is 0 Å². The number of thioether (sulfide) groups is 1. The molecule has 7 heteroatoms. The Hall–Kier alpha value is -2.41. The topological polar surface area (TPSA) is 92.2 Å². The summed E-state index contributed by atoms with van der Waals surface area (Å²) in [5.41, 5.74) is 4.35. The minimum Gasteiger partial charge on any atom is -0.480 e. The molecule has 0 aliphatic heterocycles. The summed E-state index contributed by atoms with van der Waals surface area (Å²) in [6.45, 7) is 9.95. The summed E-state index contributed by atoms with van der Waals surface area (Å²) in [6.07, 6.45) is 12.4. The third-order valence-electron chi connectivity index (χ3n) is 4.57. The van der Waals surface area contributed by atoms with Crippen LogP contribution in [0.15, 0.2) is 47.2 Å². The van der Waals surface area contributed by atoms with Gasteiger partial charge in [0.2, 0.25) is 5.95 Å². The highest BCUT2D eigenvalue weighted by Crippen LogP contribution is 2.14. The van der Waals surface area contributed by atoms with Crippen LogP contribution in [0.3, 0.4) is 0 Å². The molecule has 0 aromatic carbocycles. The van der Waals surface area contributed by atoms with Crippen LogP contribution in [0.2, 0.25) is 0 Å². The number of nitrogens with zero attached hydrogens (tertiary/aromatic N) is 2. The molecule has 0 saturated carbocycles. The molecule has 2 N–H and O–H groups in total. The van der Waals surface area contributed by atoms with Crippen LogP contribution in [0, 0.1) is 0 Å². The maximum Gasteiger partial charge on any atom is 0.327 e. The zero-order chi connectivity index (χ0) is 23.2. The Morgan fingerprint density at radius 3 is 2.32 bits per heavy atom. The third-order valence-corrected chi connectivity index (χ3v) is 5.55. The van der Waals surface area contributed by atoms with Crippen molar-refractivity contribution >= 4 is 29.5 Å². The number of hydrogen-bond acceptors (Lipinski definition) is 6. The molecule has 0 amide bonds. The van der Waals surface area contributed by atoms with Crippen molar-refractivity contribution in [2.24, 2.45) is 0 Å². The van der Waals surface area contributed by atoms with Crippen LogP contribution in [-0.2, 0) is 4.79 Å². The molecule has 0 aliphatic carbocycles. The quantitative estimate of drug-likeness (QED) is 0.216. The van der Waals surface area contributed by atoms with Gasteiger partial charge in [0.25, 0.3) is 0 Å². The van der Waals surface area contributed by atoms with E-state index in [4.69, 9.17) is 0 Å². The molecule has 1 aromatic rings. The van der Waals surface area contributed by atoms with E-state index in [1.807, 2.05) is 0 Å². The number of aromatic nitrogens is 2. The lowest BCUT2D eigenvalue weighted by atomic mass is 10.1. The van der Waals surface area contributed by atoms with E-state index in [2.05, 4.69) is 61.2 Å². The van der Waals surface area contributed by atoms with Crippen LogP contribution in [0.4, 0.5) is 5.95 Å². The number of carbonyl (C=O) groups excluding carboxylic acids is 1. The van der Waals surface area contributed by atoms with Gasteiger partial charge in [-0.1, -0.05) is 34.9 Å². The van der Waals surface area contributed by atoms with Crippen molar-refractivity contribution in [3.8, 4) is 0 Å². The highest BCUT2D eigenvalue weighted by atomic mass is 32.2. The summed E-state index contributed by atoms with van der Waals surface area (Å²) in [5, 5.41) is 12.3. The summed E-state index contributed by atoms with van der Waals surface area (Å²) in [4.78, 5) is 31.0. The lowest BCUT2D eigenvalue weighted by Gasteiger charge is -2.14. The highest BCUT2D eigenvalue weighted by Gasteiger charge is 2.18. The number of allylic oxidation sites excluding steroid dienone is 5. The highest BCUT2D eigenvalue weighted by molar-refractivity contribution is 7.99. The Bertz CT molecular complexity index is 827. The molecule has 0 aliphatic rings. The van der Waals surface area contributed by atoms with Crippen LogP contribution in [0.5, 0.6) is 0 Å². The van der Waals surface area contributed by atoms with Gasteiger partial charge in [0, 0.05) is 24.6 Å². The molecule has 31 heavy (non-hydrogen) atoms. The first-order chi connectivity index (χ1) is 14.7. The molecule has 1 rings (SSSR count). The first-order valence-electron chi connectivity index (χ1n) is 10.5. The van der Waals surface area contributed by atoms with Gasteiger partial charge in [-0.2, -0.15) is 11.8 Å². The van der Waals surface area contributed by atoms with Crippen LogP contribution >= 0.6 is 11.8 Å². The number of carboxylic acid groups (broad SMARTS) is 1. The smallest absolute Gasteiger partial charge is 0.327 e. The van der Waals surface area contributed by atoms with Gasteiger partial charge in [-0.25, -0.2) is 14.8 Å². The number of ketones is 1. The van der Waals surface area contributed by atoms with Crippen molar-refractivity contribution in [1.82, 2.24) is 9.97 Å². The van der Waals surface area contributed by atoms with Gasteiger partial charge in [0.05, 0.1) is 0 Å². The monoisotopic (exact) mass is 445 g/mol. The Balaban J connectivity index is 2.42. The van der Waals surface area contributed by atoms with Crippen LogP contribution in [-0.4, -0.2) is 44.4 Å². The minimum absolute atomic E-state index is 0.152. The fourth-order valence-electron chi connectivity index (χ4n) is 2.68. The van der Waals surface area contributed by atoms with Gasteiger partial charge in [-0.15, -0.1) is 0 Å². The summed E-state index contributed by atoms with van der Waals surface area (Å²) in [6, 6.07) is 0.679. The molecule has 1 aromatic heterocycles. The standard InChI is InChI=1S/C24H35N3O3S/c1-17(2)8-6-9-18(3)10-7-11-19(4)13-15-31-16-22(23(29)30)27-24-25-14-12-21(26-24)20(5)28/h8,10,12-14,22H,6-7,9,11,15-16H2,1-5H3,(H,29,30)(H,25,26,27)/b18-10+,19-13+. The predicted molar refractivity (Wildman–Crippen MR) is 130 cm³/mol. The average Bonchev–Trinajstić information content (AvgIpc) is 2.70. The van der Waals surface area contributed by atoms with Crippen molar-refractivity contribution in [2.45, 2.75) is 66.3 Å². The first-order valence-corrected chi connectivity index (χ1v) is 11.7. The number of aliphatic carboxylic acids is 1. The van der Waals surface area contributed by atoms with Gasteiger partial charge in [0.1, 0.15) is 11.7 Å². The molecular formula is C24H35N3O3S. The fourth-order valence-corrected chi connectivity index (χ4v) is 3.68. The van der Waals surface area contributed by atoms with Crippen molar-refractivity contribution < 1.29 is 14.7 Å². The van der Waals surface area contributed by atoms with E-state index in [9.17, 15) is 14.7 Å². The molecule has 0 bridgehead atoms. The lowest BCUT2D eigenvalue weighted by molar-refractivity contribution is -0.137. The van der Waals surface area contributed by atoms with Crippen molar-refractivity contribution in [2.75, 3.05) is 16.8 Å². The van der Waals surface area contributed by atoms with E-state index in [-0.39, 0.29) is 17.4 Å². The summed E-state index contributed by atoms with van der Waals surface area (Å²) < 4.78 is 0. The molecular weight excluding hydrogens is 410 g/mol. The van der Waals surface area contributed by atoms with E-state index < -0.39 is 12.0 Å². The van der Waals surface area contributed by atoms with Gasteiger partial charge in [-0.3, -0.25) is 4.79 Å². The Morgan fingerprint density at radius 1 is 1.06 bits per heavy atom. The molecule has 1 atom stereocenters. The van der Waals surface area contributed by atoms with Gasteiger partial charge >= 0.3 is 5.97 Å². The van der Waals surface area contributed by atoms with E-state index in [0.717, 1.165) is 31.4 Å². The number of carboxylic acids is 1. The number of nitrogens with one attached hydrogen (secondary N) is 1. The zero-order valence-corrected chi connectivity index (χ0v) is 20.1. The summed E-state index contributed by atoms with van der Waals surface area (Å²) in [7, 11) is 0. The van der Waals surface area contributed by atoms with Crippen molar-refractivity contribution in [1.29, 1.82) is 0 Å². The molecule has 170 valence electrons. The van der Waals surface area contributed by atoms with Gasteiger partial charge < -0.3 is 10.4 Å².